The first-order valence-corrected chi connectivity index (χ1v) is 6.29. The maximum absolute atomic E-state index is 5.90. The van der Waals surface area contributed by atoms with Gasteiger partial charge in [-0.3, -0.25) is 0 Å². The summed E-state index contributed by atoms with van der Waals surface area (Å²) < 4.78 is 16.6. The molecule has 0 amide bonds. The summed E-state index contributed by atoms with van der Waals surface area (Å²) >= 11 is 0. The zero-order valence-electron chi connectivity index (χ0n) is 11.4. The number of hydrogen-bond acceptors (Lipinski definition) is 4. The normalized spacial score (nSPS) is 14.2. The molecule has 0 heterocycles. The molecule has 0 aromatic heterocycles. The monoisotopic (exact) mass is 253 g/mol. The van der Waals surface area contributed by atoms with Crippen molar-refractivity contribution < 1.29 is 14.2 Å². The minimum Gasteiger partial charge on any atom is -0.496 e. The van der Waals surface area contributed by atoms with E-state index in [-0.39, 0.29) is 12.2 Å². The molecule has 0 aliphatic rings. The minimum atomic E-state index is -0.170. The summed E-state index contributed by atoms with van der Waals surface area (Å²) in [6, 6.07) is 7.77. The predicted octanol–water partition coefficient (Wildman–Crippen LogP) is 2.14. The first kappa shape index (κ1) is 15.0. The Morgan fingerprint density at radius 2 is 2.00 bits per heavy atom. The van der Waals surface area contributed by atoms with Crippen molar-refractivity contribution in [3.8, 4) is 5.75 Å². The molecule has 1 rings (SSSR count). The van der Waals surface area contributed by atoms with E-state index in [4.69, 9.17) is 19.9 Å². The van der Waals surface area contributed by atoms with Gasteiger partial charge in [-0.1, -0.05) is 18.2 Å². The molecule has 0 aliphatic carbocycles. The average molecular weight is 253 g/mol. The molecule has 102 valence electrons. The third-order valence-corrected chi connectivity index (χ3v) is 2.65. The maximum Gasteiger partial charge on any atom is 0.124 e. The fourth-order valence-corrected chi connectivity index (χ4v) is 1.79. The van der Waals surface area contributed by atoms with Crippen LogP contribution in [0.3, 0.4) is 0 Å². The molecule has 1 aromatic carbocycles. The Labute approximate surface area is 109 Å². The molecule has 4 heteroatoms. The van der Waals surface area contributed by atoms with Crippen LogP contribution in [0.2, 0.25) is 0 Å². The topological polar surface area (TPSA) is 53.7 Å². The molecule has 0 saturated carbocycles. The van der Waals surface area contributed by atoms with Gasteiger partial charge in [-0.2, -0.15) is 0 Å². The first-order valence-electron chi connectivity index (χ1n) is 6.29. The van der Waals surface area contributed by atoms with E-state index in [1.807, 2.05) is 38.1 Å². The van der Waals surface area contributed by atoms with Crippen molar-refractivity contribution >= 4 is 0 Å². The van der Waals surface area contributed by atoms with Gasteiger partial charge in [-0.15, -0.1) is 0 Å². The second-order valence-electron chi connectivity index (χ2n) is 4.07. The van der Waals surface area contributed by atoms with Gasteiger partial charge in [0.2, 0.25) is 0 Å². The highest BCUT2D eigenvalue weighted by molar-refractivity contribution is 5.35. The molecule has 0 aliphatic heterocycles. The van der Waals surface area contributed by atoms with E-state index in [0.717, 1.165) is 11.3 Å². The van der Waals surface area contributed by atoms with Crippen LogP contribution >= 0.6 is 0 Å². The molecule has 0 saturated heterocycles. The summed E-state index contributed by atoms with van der Waals surface area (Å²) in [6.45, 7) is 5.62. The molecule has 1 aromatic rings. The zero-order chi connectivity index (χ0) is 13.4. The third-order valence-electron chi connectivity index (χ3n) is 2.65. The highest BCUT2D eigenvalue weighted by atomic mass is 16.5. The molecular formula is C14H23NO3. The lowest BCUT2D eigenvalue weighted by molar-refractivity contribution is -0.0447. The van der Waals surface area contributed by atoms with Gasteiger partial charge in [0, 0.05) is 18.7 Å². The van der Waals surface area contributed by atoms with E-state index < -0.39 is 0 Å². The lowest BCUT2D eigenvalue weighted by atomic mass is 10.1. The Kier molecular flexibility index (Phi) is 6.72. The van der Waals surface area contributed by atoms with Crippen LogP contribution in [0.5, 0.6) is 5.75 Å². The van der Waals surface area contributed by atoms with Crippen LogP contribution in [0.25, 0.3) is 0 Å². The van der Waals surface area contributed by atoms with Crippen molar-refractivity contribution in [1.82, 2.24) is 0 Å². The molecule has 2 atom stereocenters. The average Bonchev–Trinajstić information content (AvgIpc) is 2.42. The lowest BCUT2D eigenvalue weighted by Gasteiger charge is -2.23. The fraction of sp³-hybridized carbons (Fsp3) is 0.571. The van der Waals surface area contributed by atoms with Crippen molar-refractivity contribution in [2.45, 2.75) is 26.1 Å². The molecule has 2 unspecified atom stereocenters. The van der Waals surface area contributed by atoms with E-state index in [2.05, 4.69) is 0 Å². The van der Waals surface area contributed by atoms with Gasteiger partial charge in [-0.05, 0) is 19.9 Å². The van der Waals surface area contributed by atoms with Gasteiger partial charge < -0.3 is 19.9 Å². The predicted molar refractivity (Wildman–Crippen MR) is 71.8 cm³/mol. The lowest BCUT2D eigenvalue weighted by Crippen LogP contribution is -2.24. The Morgan fingerprint density at radius 1 is 1.28 bits per heavy atom. The second kappa shape index (κ2) is 8.08. The van der Waals surface area contributed by atoms with E-state index in [9.17, 15) is 0 Å². The van der Waals surface area contributed by atoms with Gasteiger partial charge in [0.15, 0.2) is 0 Å². The third kappa shape index (κ3) is 4.29. The zero-order valence-corrected chi connectivity index (χ0v) is 11.4. The molecule has 0 bridgehead atoms. The Balaban J connectivity index is 2.70. The van der Waals surface area contributed by atoms with Gasteiger partial charge in [0.1, 0.15) is 5.75 Å². The van der Waals surface area contributed by atoms with Crippen LogP contribution in [-0.2, 0) is 9.47 Å². The molecule has 4 nitrogen and oxygen atoms in total. The largest absolute Gasteiger partial charge is 0.496 e. The first-order chi connectivity index (χ1) is 8.72. The van der Waals surface area contributed by atoms with Crippen molar-refractivity contribution in [3.05, 3.63) is 29.8 Å². The number of rotatable bonds is 8. The van der Waals surface area contributed by atoms with Crippen molar-refractivity contribution in [3.63, 3.8) is 0 Å². The van der Waals surface area contributed by atoms with Crippen LogP contribution in [0.1, 0.15) is 25.5 Å². The van der Waals surface area contributed by atoms with Gasteiger partial charge >= 0.3 is 0 Å². The van der Waals surface area contributed by atoms with E-state index in [1.165, 1.54) is 0 Å². The van der Waals surface area contributed by atoms with Gasteiger partial charge in [0.25, 0.3) is 0 Å². The minimum absolute atomic E-state index is 0.00316. The maximum atomic E-state index is 5.90. The summed E-state index contributed by atoms with van der Waals surface area (Å²) in [5.74, 6) is 0.802. The van der Waals surface area contributed by atoms with Crippen LogP contribution < -0.4 is 10.5 Å². The quantitative estimate of drug-likeness (QED) is 0.771. The van der Waals surface area contributed by atoms with E-state index in [0.29, 0.717) is 19.8 Å². The van der Waals surface area contributed by atoms with Gasteiger partial charge in [0.05, 0.1) is 25.9 Å². The van der Waals surface area contributed by atoms with Gasteiger partial charge in [-0.25, -0.2) is 0 Å². The Bertz CT molecular complexity index is 344. The number of nitrogens with two attached hydrogens (primary N) is 1. The van der Waals surface area contributed by atoms with Crippen LogP contribution in [0.4, 0.5) is 0 Å². The Hall–Kier alpha value is -1.10. The summed E-state index contributed by atoms with van der Waals surface area (Å²) in [5.41, 5.74) is 6.76. The number of ether oxygens (including phenoxy) is 3. The fourth-order valence-electron chi connectivity index (χ4n) is 1.79. The number of para-hydroxylation sites is 1. The standard InChI is InChI=1S/C14H23NO3/c1-4-17-10-11(2)18-14(9-15)12-7-5-6-8-13(12)16-3/h5-8,11,14H,4,9-10,15H2,1-3H3. The smallest absolute Gasteiger partial charge is 0.124 e. The molecule has 0 radical (unpaired) electrons. The SMILES string of the molecule is CCOCC(C)OC(CN)c1ccccc1OC. The molecule has 18 heavy (non-hydrogen) atoms. The van der Waals surface area contributed by atoms with Crippen LogP contribution in [0.15, 0.2) is 24.3 Å². The summed E-state index contributed by atoms with van der Waals surface area (Å²) in [4.78, 5) is 0. The molecule has 0 spiro atoms. The van der Waals surface area contributed by atoms with Crippen molar-refractivity contribution in [1.29, 1.82) is 0 Å². The van der Waals surface area contributed by atoms with E-state index in [1.54, 1.807) is 7.11 Å². The number of hydrogen-bond donors (Lipinski definition) is 1. The van der Waals surface area contributed by atoms with Crippen molar-refractivity contribution in [2.24, 2.45) is 5.73 Å². The van der Waals surface area contributed by atoms with Crippen LogP contribution in [0, 0.1) is 0 Å². The molecule has 2 N–H and O–H groups in total. The summed E-state index contributed by atoms with van der Waals surface area (Å²) in [5, 5.41) is 0. The molecular weight excluding hydrogens is 230 g/mol. The summed E-state index contributed by atoms with van der Waals surface area (Å²) in [7, 11) is 1.65. The molecule has 0 fully saturated rings. The Morgan fingerprint density at radius 3 is 2.61 bits per heavy atom. The summed E-state index contributed by atoms with van der Waals surface area (Å²) in [6.07, 6.45) is -0.167. The highest BCUT2D eigenvalue weighted by Gasteiger charge is 2.17. The number of methoxy groups -OCH3 is 1. The van der Waals surface area contributed by atoms with E-state index >= 15 is 0 Å². The van der Waals surface area contributed by atoms with Crippen LogP contribution in [-0.4, -0.2) is 33.0 Å². The van der Waals surface area contributed by atoms with Crippen molar-refractivity contribution in [2.75, 3.05) is 26.9 Å². The number of benzene rings is 1. The highest BCUT2D eigenvalue weighted by Crippen LogP contribution is 2.27. The second-order valence-corrected chi connectivity index (χ2v) is 4.07.